The summed E-state index contributed by atoms with van der Waals surface area (Å²) < 4.78 is 0. The van der Waals surface area contributed by atoms with Crippen LogP contribution < -0.4 is 22.7 Å². The first-order valence-corrected chi connectivity index (χ1v) is 5.61. The fraction of sp³-hybridized carbons (Fsp3) is 0.273. The van der Waals surface area contributed by atoms with E-state index in [1.807, 2.05) is 0 Å². The van der Waals surface area contributed by atoms with E-state index in [0.717, 1.165) is 0 Å². The number of H-pyrrole nitrogens is 2. The second kappa shape index (κ2) is 5.52. The lowest BCUT2D eigenvalue weighted by atomic mass is 10.0. The van der Waals surface area contributed by atoms with Gasteiger partial charge in [0.05, 0.1) is 6.61 Å². The van der Waals surface area contributed by atoms with Gasteiger partial charge in [-0.3, -0.25) is 14.6 Å². The number of hydrogen-bond acceptors (Lipinski definition) is 7. The normalized spacial score (nSPS) is 12.2. The predicted molar refractivity (Wildman–Crippen MR) is 71.5 cm³/mol. The Balaban J connectivity index is 2.66. The van der Waals surface area contributed by atoms with Crippen molar-refractivity contribution in [1.82, 2.24) is 19.9 Å². The highest BCUT2D eigenvalue weighted by atomic mass is 16.6. The van der Waals surface area contributed by atoms with Gasteiger partial charge in [0.2, 0.25) is 5.95 Å². The molecule has 2 aromatic heterocycles. The average Bonchev–Trinajstić information content (AvgIpc) is 2.39. The maximum atomic E-state index is 12.0. The molecule has 0 bridgehead atoms. The van der Waals surface area contributed by atoms with E-state index in [0.29, 0.717) is 0 Å². The molecule has 0 spiro atoms. The van der Waals surface area contributed by atoms with Crippen LogP contribution in [0.4, 0.5) is 5.95 Å². The number of aromatic amines is 2. The summed E-state index contributed by atoms with van der Waals surface area (Å²) in [5.41, 5.74) is 4.37. The molecule has 0 saturated heterocycles. The highest BCUT2D eigenvalue weighted by molar-refractivity contribution is 5.69. The summed E-state index contributed by atoms with van der Waals surface area (Å²) in [5.74, 6) is 6.82. The molecule has 1 atom stereocenters. The Morgan fingerprint density at radius 1 is 1.30 bits per heavy atom. The van der Waals surface area contributed by atoms with Crippen LogP contribution in [0.2, 0.25) is 0 Å². The molecule has 0 aromatic carbocycles. The van der Waals surface area contributed by atoms with Crippen molar-refractivity contribution in [2.75, 3.05) is 12.3 Å². The van der Waals surface area contributed by atoms with Gasteiger partial charge in [-0.1, -0.05) is 0 Å². The van der Waals surface area contributed by atoms with E-state index in [-0.39, 0.29) is 35.8 Å². The van der Waals surface area contributed by atoms with E-state index in [4.69, 9.17) is 18.1 Å². The highest BCUT2D eigenvalue weighted by Crippen LogP contribution is 2.14. The number of fused-ring (bicyclic) bond motifs is 1. The van der Waals surface area contributed by atoms with Gasteiger partial charge in [-0.25, -0.2) is 10.9 Å². The van der Waals surface area contributed by atoms with Crippen molar-refractivity contribution in [2.45, 2.75) is 12.3 Å². The van der Waals surface area contributed by atoms with Crippen molar-refractivity contribution in [3.63, 3.8) is 0 Å². The fourth-order valence-corrected chi connectivity index (χ4v) is 1.78. The third-order valence-electron chi connectivity index (χ3n) is 2.66. The van der Waals surface area contributed by atoms with Gasteiger partial charge in [-0.05, 0) is 0 Å². The lowest BCUT2D eigenvalue weighted by molar-refractivity contribution is 0.122. The first kappa shape index (κ1) is 13.7. The molecular formula is C11H12N6O3. The molecule has 0 saturated carbocycles. The van der Waals surface area contributed by atoms with Crippen molar-refractivity contribution >= 4 is 17.1 Å². The van der Waals surface area contributed by atoms with Gasteiger partial charge in [-0.2, -0.15) is 4.98 Å². The molecule has 104 valence electrons. The van der Waals surface area contributed by atoms with Crippen LogP contribution in [0.15, 0.2) is 9.59 Å². The number of anilines is 1. The molecule has 0 amide bonds. The van der Waals surface area contributed by atoms with Crippen LogP contribution in [0.5, 0.6) is 0 Å². The van der Waals surface area contributed by atoms with E-state index in [1.165, 1.54) is 0 Å². The molecular weight excluding hydrogens is 264 g/mol. The number of hydrogen-bond donors (Lipinski definition) is 4. The maximum absolute atomic E-state index is 12.0. The van der Waals surface area contributed by atoms with Crippen LogP contribution in [0.1, 0.15) is 18.0 Å². The first-order valence-electron chi connectivity index (χ1n) is 5.61. The van der Waals surface area contributed by atoms with E-state index >= 15 is 0 Å². The topological polar surface area (TPSA) is 153 Å². The summed E-state index contributed by atoms with van der Waals surface area (Å²) in [7, 11) is 0. The lowest BCUT2D eigenvalue weighted by Crippen LogP contribution is -2.26. The lowest BCUT2D eigenvalue weighted by Gasteiger charge is -2.11. The smallest absolute Gasteiger partial charge is 0.278 e. The average molecular weight is 276 g/mol. The van der Waals surface area contributed by atoms with Crippen LogP contribution in [0.25, 0.3) is 11.2 Å². The molecule has 6 N–H and O–H groups in total. The Labute approximate surface area is 112 Å². The second-order valence-electron chi connectivity index (χ2n) is 4.04. The summed E-state index contributed by atoms with van der Waals surface area (Å²) in [6.45, 7) is 0.0183. The summed E-state index contributed by atoms with van der Waals surface area (Å²) in [6, 6.07) is 0. The molecule has 2 aromatic rings. The van der Waals surface area contributed by atoms with Gasteiger partial charge < -0.3 is 15.6 Å². The minimum Gasteiger partial charge on any atom is -0.369 e. The van der Waals surface area contributed by atoms with E-state index in [9.17, 15) is 9.59 Å². The number of aromatic nitrogens is 4. The zero-order valence-corrected chi connectivity index (χ0v) is 10.3. The third kappa shape index (κ3) is 2.51. The quantitative estimate of drug-likeness (QED) is 0.395. The molecule has 1 unspecified atom stereocenters. The molecule has 0 fully saturated rings. The van der Waals surface area contributed by atoms with Crippen molar-refractivity contribution < 1.29 is 4.84 Å². The minimum absolute atomic E-state index is 0.0183. The van der Waals surface area contributed by atoms with Gasteiger partial charge >= 0.3 is 0 Å². The Morgan fingerprint density at radius 2 is 2.05 bits per heavy atom. The van der Waals surface area contributed by atoms with Crippen molar-refractivity contribution in [3.8, 4) is 12.3 Å². The van der Waals surface area contributed by atoms with Crippen LogP contribution in [0, 0.1) is 12.3 Å². The highest BCUT2D eigenvalue weighted by Gasteiger charge is 2.18. The Hall–Kier alpha value is -2.70. The van der Waals surface area contributed by atoms with Gasteiger partial charge in [0, 0.05) is 12.3 Å². The summed E-state index contributed by atoms with van der Waals surface area (Å²) >= 11 is 0. The van der Waals surface area contributed by atoms with Crippen LogP contribution in [-0.2, 0) is 4.84 Å². The Morgan fingerprint density at radius 3 is 2.70 bits per heavy atom. The molecule has 2 rings (SSSR count). The molecule has 0 aliphatic heterocycles. The van der Waals surface area contributed by atoms with Crippen molar-refractivity contribution in [2.24, 2.45) is 5.90 Å². The maximum Gasteiger partial charge on any atom is 0.278 e. The van der Waals surface area contributed by atoms with Gasteiger partial charge in [0.15, 0.2) is 11.2 Å². The number of nitrogens with one attached hydrogen (secondary N) is 2. The zero-order chi connectivity index (χ0) is 14.7. The minimum atomic E-state index is -0.577. The predicted octanol–water partition coefficient (Wildman–Crippen LogP) is -1.41. The fourth-order valence-electron chi connectivity index (χ4n) is 1.78. The van der Waals surface area contributed by atoms with E-state index in [1.54, 1.807) is 0 Å². The number of nitrogens with two attached hydrogens (primary N) is 2. The van der Waals surface area contributed by atoms with Crippen molar-refractivity contribution in [3.05, 3.63) is 26.4 Å². The van der Waals surface area contributed by atoms with Crippen LogP contribution in [-0.4, -0.2) is 26.5 Å². The van der Waals surface area contributed by atoms with E-state index in [2.05, 4.69) is 30.7 Å². The molecule has 0 aliphatic carbocycles. The van der Waals surface area contributed by atoms with E-state index < -0.39 is 17.0 Å². The molecule has 20 heavy (non-hydrogen) atoms. The second-order valence-corrected chi connectivity index (χ2v) is 4.04. The summed E-state index contributed by atoms with van der Waals surface area (Å²) in [4.78, 5) is 40.7. The standard InChI is InChI=1S/C11H12N6O3/c1-2-3-5(4-20-13)6-9(18)15-7-8(14-6)16-11(12)17-10(7)19/h1,5H,3-4,13H2,(H,15,18)(H3,12,14,16,17,19). The summed E-state index contributed by atoms with van der Waals surface area (Å²) in [6.07, 6.45) is 5.44. The summed E-state index contributed by atoms with van der Waals surface area (Å²) in [5, 5.41) is 0. The Bertz CT molecular complexity index is 787. The van der Waals surface area contributed by atoms with Crippen LogP contribution >= 0.6 is 0 Å². The van der Waals surface area contributed by atoms with Gasteiger partial charge in [-0.15, -0.1) is 12.3 Å². The number of terminal acetylenes is 1. The van der Waals surface area contributed by atoms with Gasteiger partial charge in [0.25, 0.3) is 11.1 Å². The number of nitrogen functional groups attached to an aromatic ring is 1. The van der Waals surface area contributed by atoms with Crippen LogP contribution in [0.3, 0.4) is 0 Å². The monoisotopic (exact) mass is 276 g/mol. The Kier molecular flexibility index (Phi) is 3.79. The first-order chi connectivity index (χ1) is 9.56. The number of nitrogens with zero attached hydrogens (tertiary/aromatic N) is 2. The number of rotatable bonds is 4. The zero-order valence-electron chi connectivity index (χ0n) is 10.3. The molecule has 0 radical (unpaired) electrons. The molecule has 0 aliphatic rings. The largest absolute Gasteiger partial charge is 0.369 e. The molecule has 2 heterocycles. The van der Waals surface area contributed by atoms with Crippen molar-refractivity contribution in [1.29, 1.82) is 0 Å². The SMILES string of the molecule is C#CCC(CON)c1nc2nc(N)[nH]c(=O)c2[nH]c1=O. The van der Waals surface area contributed by atoms with Gasteiger partial charge in [0.1, 0.15) is 5.69 Å². The molecule has 9 heteroatoms. The molecule has 9 nitrogen and oxygen atoms in total. The third-order valence-corrected chi connectivity index (χ3v) is 2.66.